The Morgan fingerprint density at radius 1 is 0.778 bits per heavy atom. The third kappa shape index (κ3) is 7.04. The van der Waals surface area contributed by atoms with Crippen LogP contribution in [-0.4, -0.2) is 24.4 Å². The Labute approximate surface area is 216 Å². The van der Waals surface area contributed by atoms with Crippen LogP contribution in [0.15, 0.2) is 119 Å². The molecule has 0 aliphatic rings. The second kappa shape index (κ2) is 12.3. The molecule has 4 aromatic carbocycles. The van der Waals surface area contributed by atoms with Gasteiger partial charge in [-0.15, -0.1) is 0 Å². The van der Waals surface area contributed by atoms with Gasteiger partial charge in [0.2, 0.25) is 0 Å². The minimum Gasteiger partial charge on any atom is -0.446 e. The minimum atomic E-state index is -1.30. The molecule has 0 spiro atoms. The van der Waals surface area contributed by atoms with E-state index in [0.717, 1.165) is 4.47 Å². The predicted octanol–water partition coefficient (Wildman–Crippen LogP) is 5.60. The lowest BCUT2D eigenvalue weighted by atomic mass is 10.2. The van der Waals surface area contributed by atoms with E-state index in [1.807, 2.05) is 18.2 Å². The second-order valence-corrected chi connectivity index (χ2v) is 8.28. The Morgan fingerprint density at radius 3 is 1.92 bits per heavy atom. The molecular formula is C28H21BrN2O5. The highest BCUT2D eigenvalue weighted by atomic mass is 79.9. The molecule has 0 saturated carbocycles. The van der Waals surface area contributed by atoms with Crippen LogP contribution in [0.1, 0.15) is 15.9 Å². The molecule has 0 saturated heterocycles. The number of benzene rings is 4. The first kappa shape index (κ1) is 24.7. The molecule has 7 nitrogen and oxygen atoms in total. The van der Waals surface area contributed by atoms with Gasteiger partial charge in [0.15, 0.2) is 0 Å². The SMILES string of the molecule is O=C(Oc1ccc(Br)cc1/C=N/NC(=O)C(Oc1ccccc1)Oc1ccccc1)c1ccccc1. The number of halogens is 1. The zero-order chi connectivity index (χ0) is 25.2. The quantitative estimate of drug-likeness (QED) is 0.0973. The molecule has 1 N–H and O–H groups in total. The standard InChI is InChI=1S/C28H21BrN2O5/c29-22-16-17-25(36-27(33)20-10-4-1-5-11-20)21(18-22)19-30-31-26(32)28(34-23-12-6-2-7-13-23)35-24-14-8-3-9-15-24/h1-19,28H,(H,31,32)/b30-19+. The van der Waals surface area contributed by atoms with Crippen molar-refractivity contribution >= 4 is 34.0 Å². The van der Waals surface area contributed by atoms with Gasteiger partial charge in [0.05, 0.1) is 11.8 Å². The number of carbonyl (C=O) groups is 2. The van der Waals surface area contributed by atoms with Gasteiger partial charge in [-0.2, -0.15) is 5.10 Å². The van der Waals surface area contributed by atoms with Crippen LogP contribution in [0.25, 0.3) is 0 Å². The summed E-state index contributed by atoms with van der Waals surface area (Å²) in [7, 11) is 0. The van der Waals surface area contributed by atoms with Crippen LogP contribution >= 0.6 is 15.9 Å². The van der Waals surface area contributed by atoms with Crippen LogP contribution in [0.3, 0.4) is 0 Å². The highest BCUT2D eigenvalue weighted by molar-refractivity contribution is 9.10. The predicted molar refractivity (Wildman–Crippen MR) is 139 cm³/mol. The number of esters is 1. The van der Waals surface area contributed by atoms with Gasteiger partial charge in [-0.3, -0.25) is 4.79 Å². The number of para-hydroxylation sites is 2. The van der Waals surface area contributed by atoms with E-state index in [0.29, 0.717) is 22.6 Å². The van der Waals surface area contributed by atoms with Crippen molar-refractivity contribution in [3.05, 3.63) is 125 Å². The molecule has 0 aromatic heterocycles. The molecule has 0 bridgehead atoms. The van der Waals surface area contributed by atoms with E-state index in [4.69, 9.17) is 14.2 Å². The molecule has 0 atom stereocenters. The van der Waals surface area contributed by atoms with Crippen LogP contribution in [-0.2, 0) is 4.79 Å². The maximum Gasteiger partial charge on any atom is 0.343 e. The molecule has 0 aliphatic carbocycles. The van der Waals surface area contributed by atoms with E-state index in [9.17, 15) is 9.59 Å². The van der Waals surface area contributed by atoms with Gasteiger partial charge in [0.1, 0.15) is 17.2 Å². The number of carbonyl (C=O) groups excluding carboxylic acids is 2. The topological polar surface area (TPSA) is 86.2 Å². The average Bonchev–Trinajstić information content (AvgIpc) is 2.91. The van der Waals surface area contributed by atoms with Gasteiger partial charge < -0.3 is 14.2 Å². The molecule has 1 amide bonds. The monoisotopic (exact) mass is 544 g/mol. The molecular weight excluding hydrogens is 524 g/mol. The second-order valence-electron chi connectivity index (χ2n) is 7.37. The third-order valence-corrected chi connectivity index (χ3v) is 5.24. The maximum absolute atomic E-state index is 12.9. The van der Waals surface area contributed by atoms with Gasteiger partial charge in [-0.25, -0.2) is 10.2 Å². The zero-order valence-electron chi connectivity index (χ0n) is 18.9. The van der Waals surface area contributed by atoms with Crippen molar-refractivity contribution in [2.45, 2.75) is 6.29 Å². The molecule has 4 rings (SSSR count). The van der Waals surface area contributed by atoms with Crippen molar-refractivity contribution in [1.29, 1.82) is 0 Å². The Bertz CT molecular complexity index is 1290. The summed E-state index contributed by atoms with van der Waals surface area (Å²) in [4.78, 5) is 25.4. The Morgan fingerprint density at radius 2 is 1.33 bits per heavy atom. The van der Waals surface area contributed by atoms with Gasteiger partial charge in [-0.1, -0.05) is 70.5 Å². The average molecular weight is 545 g/mol. The van der Waals surface area contributed by atoms with Gasteiger partial charge in [0, 0.05) is 10.0 Å². The van der Waals surface area contributed by atoms with Gasteiger partial charge in [-0.05, 0) is 54.6 Å². The lowest BCUT2D eigenvalue weighted by Crippen LogP contribution is -2.40. The number of hydrazone groups is 1. The molecule has 180 valence electrons. The zero-order valence-corrected chi connectivity index (χ0v) is 20.5. The largest absolute Gasteiger partial charge is 0.446 e. The van der Waals surface area contributed by atoms with Crippen molar-refractivity contribution in [1.82, 2.24) is 5.43 Å². The Balaban J connectivity index is 1.48. The number of nitrogens with zero attached hydrogens (tertiary/aromatic N) is 1. The maximum atomic E-state index is 12.9. The van der Waals surface area contributed by atoms with E-state index < -0.39 is 18.2 Å². The minimum absolute atomic E-state index is 0.280. The lowest BCUT2D eigenvalue weighted by Gasteiger charge is -2.18. The molecule has 0 heterocycles. The van der Waals surface area contributed by atoms with Crippen LogP contribution in [0, 0.1) is 0 Å². The van der Waals surface area contributed by atoms with Crippen molar-refractivity contribution < 1.29 is 23.8 Å². The fourth-order valence-electron chi connectivity index (χ4n) is 3.04. The highest BCUT2D eigenvalue weighted by Crippen LogP contribution is 2.23. The van der Waals surface area contributed by atoms with E-state index >= 15 is 0 Å². The van der Waals surface area contributed by atoms with Crippen LogP contribution < -0.4 is 19.6 Å². The number of nitrogens with one attached hydrogen (secondary N) is 1. The first-order chi connectivity index (χ1) is 17.6. The number of rotatable bonds is 9. The van der Waals surface area contributed by atoms with E-state index in [2.05, 4.69) is 26.5 Å². The summed E-state index contributed by atoms with van der Waals surface area (Å²) in [6.45, 7) is 0. The summed E-state index contributed by atoms with van der Waals surface area (Å²) < 4.78 is 17.8. The van der Waals surface area contributed by atoms with Crippen molar-refractivity contribution in [2.24, 2.45) is 5.10 Å². The van der Waals surface area contributed by atoms with Crippen LogP contribution in [0.4, 0.5) is 0 Å². The fraction of sp³-hybridized carbons (Fsp3) is 0.0357. The van der Waals surface area contributed by atoms with E-state index in [1.54, 1.807) is 91.0 Å². The van der Waals surface area contributed by atoms with Crippen molar-refractivity contribution in [3.8, 4) is 17.2 Å². The number of amides is 1. The molecule has 8 heteroatoms. The van der Waals surface area contributed by atoms with Crippen LogP contribution in [0.2, 0.25) is 0 Å². The first-order valence-corrected chi connectivity index (χ1v) is 11.7. The number of hydrogen-bond acceptors (Lipinski definition) is 6. The molecule has 0 aliphatic heterocycles. The van der Waals surface area contributed by atoms with Gasteiger partial charge in [0.25, 0.3) is 0 Å². The smallest absolute Gasteiger partial charge is 0.343 e. The van der Waals surface area contributed by atoms with Crippen molar-refractivity contribution in [3.63, 3.8) is 0 Å². The first-order valence-electron chi connectivity index (χ1n) is 10.9. The van der Waals surface area contributed by atoms with Crippen molar-refractivity contribution in [2.75, 3.05) is 0 Å². The third-order valence-electron chi connectivity index (χ3n) is 4.75. The van der Waals surface area contributed by atoms with E-state index in [-0.39, 0.29) is 5.75 Å². The normalized spacial score (nSPS) is 10.7. The van der Waals surface area contributed by atoms with E-state index in [1.165, 1.54) is 6.21 Å². The fourth-order valence-corrected chi connectivity index (χ4v) is 3.42. The summed E-state index contributed by atoms with van der Waals surface area (Å²) in [6.07, 6.45) is 0.0723. The molecule has 36 heavy (non-hydrogen) atoms. The Hall–Kier alpha value is -4.43. The lowest BCUT2D eigenvalue weighted by molar-refractivity contribution is -0.140. The number of ether oxygens (including phenoxy) is 3. The summed E-state index contributed by atoms with van der Waals surface area (Å²) in [6, 6.07) is 31.4. The number of hydrogen-bond donors (Lipinski definition) is 1. The summed E-state index contributed by atoms with van der Waals surface area (Å²) in [5.74, 6) is 0.0583. The molecule has 4 aromatic rings. The summed E-state index contributed by atoms with van der Waals surface area (Å²) in [5.41, 5.74) is 3.31. The van der Waals surface area contributed by atoms with Crippen LogP contribution in [0.5, 0.6) is 17.2 Å². The highest BCUT2D eigenvalue weighted by Gasteiger charge is 2.22. The molecule has 0 fully saturated rings. The molecule has 0 unspecified atom stereocenters. The molecule has 0 radical (unpaired) electrons. The summed E-state index contributed by atoms with van der Waals surface area (Å²) in [5, 5.41) is 4.03. The Kier molecular flexibility index (Phi) is 8.45. The van der Waals surface area contributed by atoms with Gasteiger partial charge >= 0.3 is 18.2 Å². The summed E-state index contributed by atoms with van der Waals surface area (Å²) >= 11 is 3.40.